The average Bonchev–Trinajstić information content (AvgIpc) is 3.04. The maximum atomic E-state index is 12.8. The van der Waals surface area contributed by atoms with E-state index in [-0.39, 0.29) is 17.5 Å². The summed E-state index contributed by atoms with van der Waals surface area (Å²) in [7, 11) is 1.81. The zero-order valence-electron chi connectivity index (χ0n) is 13.5. The van der Waals surface area contributed by atoms with Crippen LogP contribution in [0.15, 0.2) is 59.4 Å². The lowest BCUT2D eigenvalue weighted by atomic mass is 10.1. The van der Waals surface area contributed by atoms with Crippen molar-refractivity contribution in [1.29, 1.82) is 0 Å². The fourth-order valence-corrected chi connectivity index (χ4v) is 3.49. The number of carbonyl (C=O) groups excluding carboxylic acids is 1. The van der Waals surface area contributed by atoms with Gasteiger partial charge in [0.15, 0.2) is 0 Å². The van der Waals surface area contributed by atoms with Crippen LogP contribution in [0.25, 0.3) is 10.8 Å². The van der Waals surface area contributed by atoms with Crippen molar-refractivity contribution in [3.8, 4) is 0 Å². The second-order valence-electron chi connectivity index (χ2n) is 6.35. The zero-order valence-corrected chi connectivity index (χ0v) is 13.5. The van der Waals surface area contributed by atoms with Crippen LogP contribution in [0.5, 0.6) is 0 Å². The van der Waals surface area contributed by atoms with Crippen molar-refractivity contribution in [2.75, 3.05) is 7.05 Å². The Hall–Kier alpha value is -2.88. The van der Waals surface area contributed by atoms with Crippen LogP contribution in [-0.2, 0) is 12.8 Å². The Morgan fingerprint density at radius 1 is 1.04 bits per heavy atom. The van der Waals surface area contributed by atoms with Crippen molar-refractivity contribution < 1.29 is 4.79 Å². The SMILES string of the molecule is CN(C(=O)c1cc2ccccc2c(=O)[nH]1)C1Cc2ccccc2C1. The van der Waals surface area contributed by atoms with E-state index in [1.807, 2.05) is 37.4 Å². The molecule has 0 saturated carbocycles. The summed E-state index contributed by atoms with van der Waals surface area (Å²) in [6.45, 7) is 0. The summed E-state index contributed by atoms with van der Waals surface area (Å²) in [6, 6.07) is 17.5. The van der Waals surface area contributed by atoms with E-state index in [0.717, 1.165) is 18.2 Å². The molecule has 0 radical (unpaired) electrons. The first kappa shape index (κ1) is 14.7. The molecule has 0 atom stereocenters. The van der Waals surface area contributed by atoms with E-state index in [2.05, 4.69) is 17.1 Å². The lowest BCUT2D eigenvalue weighted by molar-refractivity contribution is 0.0731. The van der Waals surface area contributed by atoms with Gasteiger partial charge in [-0.15, -0.1) is 0 Å². The van der Waals surface area contributed by atoms with Crippen molar-refractivity contribution in [3.05, 3.63) is 81.8 Å². The van der Waals surface area contributed by atoms with Gasteiger partial charge in [0.1, 0.15) is 5.69 Å². The van der Waals surface area contributed by atoms with Crippen LogP contribution in [0, 0.1) is 0 Å². The number of nitrogens with zero attached hydrogens (tertiary/aromatic N) is 1. The Bertz CT molecular complexity index is 965. The molecule has 1 heterocycles. The van der Waals surface area contributed by atoms with Crippen LogP contribution in [0.1, 0.15) is 21.6 Å². The minimum Gasteiger partial charge on any atom is -0.337 e. The molecule has 4 heteroatoms. The summed E-state index contributed by atoms with van der Waals surface area (Å²) in [5, 5.41) is 1.39. The molecule has 0 aliphatic heterocycles. The molecule has 120 valence electrons. The van der Waals surface area contributed by atoms with Gasteiger partial charge in [0, 0.05) is 18.5 Å². The fraction of sp³-hybridized carbons (Fsp3) is 0.200. The number of hydrogen-bond acceptors (Lipinski definition) is 2. The first-order chi connectivity index (χ1) is 11.6. The molecule has 2 aromatic carbocycles. The van der Waals surface area contributed by atoms with Gasteiger partial charge in [0.2, 0.25) is 0 Å². The van der Waals surface area contributed by atoms with Gasteiger partial charge in [-0.1, -0.05) is 42.5 Å². The van der Waals surface area contributed by atoms with Gasteiger partial charge >= 0.3 is 0 Å². The number of aromatic nitrogens is 1. The van der Waals surface area contributed by atoms with Crippen LogP contribution in [-0.4, -0.2) is 28.9 Å². The number of aromatic amines is 1. The molecule has 0 fully saturated rings. The smallest absolute Gasteiger partial charge is 0.270 e. The molecule has 3 aromatic rings. The van der Waals surface area contributed by atoms with Crippen LogP contribution < -0.4 is 5.56 Å². The van der Waals surface area contributed by atoms with Crippen molar-refractivity contribution in [1.82, 2.24) is 9.88 Å². The number of carbonyl (C=O) groups is 1. The average molecular weight is 318 g/mol. The van der Waals surface area contributed by atoms with Gasteiger partial charge in [-0.05, 0) is 41.5 Å². The molecular weight excluding hydrogens is 300 g/mol. The van der Waals surface area contributed by atoms with Crippen LogP contribution in [0.4, 0.5) is 0 Å². The van der Waals surface area contributed by atoms with Crippen LogP contribution in [0.2, 0.25) is 0 Å². The Morgan fingerprint density at radius 2 is 1.67 bits per heavy atom. The highest BCUT2D eigenvalue weighted by Gasteiger charge is 2.28. The minimum absolute atomic E-state index is 0.130. The summed E-state index contributed by atoms with van der Waals surface area (Å²) in [4.78, 5) is 29.5. The largest absolute Gasteiger partial charge is 0.337 e. The Balaban J connectivity index is 1.63. The summed E-state index contributed by atoms with van der Waals surface area (Å²) >= 11 is 0. The molecule has 24 heavy (non-hydrogen) atoms. The van der Waals surface area contributed by atoms with E-state index in [4.69, 9.17) is 0 Å². The van der Waals surface area contributed by atoms with Gasteiger partial charge in [-0.3, -0.25) is 9.59 Å². The number of amides is 1. The number of rotatable bonds is 2. The van der Waals surface area contributed by atoms with Gasteiger partial charge < -0.3 is 9.88 Å². The lowest BCUT2D eigenvalue weighted by Crippen LogP contribution is -2.38. The number of fused-ring (bicyclic) bond motifs is 2. The molecule has 0 bridgehead atoms. The molecule has 1 aliphatic rings. The Kier molecular flexibility index (Phi) is 3.45. The van der Waals surface area contributed by atoms with Crippen LogP contribution in [0.3, 0.4) is 0 Å². The summed E-state index contributed by atoms with van der Waals surface area (Å²) in [5.41, 5.74) is 2.72. The second-order valence-corrected chi connectivity index (χ2v) is 6.35. The normalized spacial score (nSPS) is 13.9. The number of likely N-dealkylation sites (N-methyl/N-ethyl adjacent to an activating group) is 1. The van der Waals surface area contributed by atoms with Crippen molar-refractivity contribution in [2.24, 2.45) is 0 Å². The number of benzene rings is 2. The summed E-state index contributed by atoms with van der Waals surface area (Å²) in [5.74, 6) is -0.143. The van der Waals surface area contributed by atoms with E-state index in [1.165, 1.54) is 11.1 Å². The molecular formula is C20H18N2O2. The fourth-order valence-electron chi connectivity index (χ4n) is 3.49. The summed E-state index contributed by atoms with van der Waals surface area (Å²) in [6.07, 6.45) is 1.71. The van der Waals surface area contributed by atoms with Crippen molar-refractivity contribution in [3.63, 3.8) is 0 Å². The second kappa shape index (κ2) is 5.64. The molecule has 0 saturated heterocycles. The summed E-state index contributed by atoms with van der Waals surface area (Å²) < 4.78 is 0. The third-order valence-electron chi connectivity index (χ3n) is 4.88. The van der Waals surface area contributed by atoms with Gasteiger partial charge in [0.05, 0.1) is 0 Å². The molecule has 1 amide bonds. The first-order valence-corrected chi connectivity index (χ1v) is 8.09. The number of pyridine rings is 1. The molecule has 0 spiro atoms. The van der Waals surface area contributed by atoms with Gasteiger partial charge in [-0.2, -0.15) is 0 Å². The van der Waals surface area contributed by atoms with Gasteiger partial charge in [-0.25, -0.2) is 0 Å². The van der Waals surface area contributed by atoms with E-state index in [1.54, 1.807) is 17.0 Å². The standard InChI is InChI=1S/C20H18N2O2/c1-22(16-10-13-6-2-3-7-14(13)11-16)20(24)18-12-15-8-4-5-9-17(15)19(23)21-18/h2-9,12,16H,10-11H2,1H3,(H,21,23). The van der Waals surface area contributed by atoms with Crippen LogP contribution >= 0.6 is 0 Å². The third kappa shape index (κ3) is 2.40. The Labute approximate surface area is 139 Å². The monoisotopic (exact) mass is 318 g/mol. The van der Waals surface area contributed by atoms with E-state index in [9.17, 15) is 9.59 Å². The molecule has 1 aliphatic carbocycles. The maximum Gasteiger partial charge on any atom is 0.270 e. The number of nitrogens with one attached hydrogen (secondary N) is 1. The molecule has 4 nitrogen and oxygen atoms in total. The first-order valence-electron chi connectivity index (χ1n) is 8.09. The third-order valence-corrected chi connectivity index (χ3v) is 4.88. The lowest BCUT2D eigenvalue weighted by Gasteiger charge is -2.24. The molecule has 1 aromatic heterocycles. The zero-order chi connectivity index (χ0) is 16.7. The predicted octanol–water partition coefficient (Wildman–Crippen LogP) is 2.77. The van der Waals surface area contributed by atoms with E-state index < -0.39 is 0 Å². The maximum absolute atomic E-state index is 12.8. The Morgan fingerprint density at radius 3 is 2.38 bits per heavy atom. The highest BCUT2D eigenvalue weighted by atomic mass is 16.2. The number of H-pyrrole nitrogens is 1. The molecule has 0 unspecified atom stereocenters. The molecule has 1 N–H and O–H groups in total. The van der Waals surface area contributed by atoms with E-state index in [0.29, 0.717) is 11.1 Å². The molecule has 4 rings (SSSR count). The quantitative estimate of drug-likeness (QED) is 0.790. The van der Waals surface area contributed by atoms with E-state index >= 15 is 0 Å². The predicted molar refractivity (Wildman–Crippen MR) is 94.3 cm³/mol. The van der Waals surface area contributed by atoms with Crippen molar-refractivity contribution in [2.45, 2.75) is 18.9 Å². The van der Waals surface area contributed by atoms with Crippen molar-refractivity contribution >= 4 is 16.7 Å². The highest BCUT2D eigenvalue weighted by molar-refractivity contribution is 5.96. The highest BCUT2D eigenvalue weighted by Crippen LogP contribution is 2.25. The number of hydrogen-bond donors (Lipinski definition) is 1. The topological polar surface area (TPSA) is 53.2 Å². The minimum atomic E-state index is -0.223. The van der Waals surface area contributed by atoms with Gasteiger partial charge in [0.25, 0.3) is 11.5 Å².